The Bertz CT molecular complexity index is 894. The standard InChI is InChI=1S/C23H29N3O5/c1-3-15-4-6-16(7-5-15)17-8-10-18(11-9-17)22(30)25-19(12-24)23(31)26-21(14(2)28)20(29)13-27/h4-11,14,19,21,27-28H,3,12-13,24H2,1-2H3,(H,25,30)(H,26,31)/t14-,19+,21+/m1/s1. The molecule has 2 aromatic rings. The van der Waals surface area contributed by atoms with Gasteiger partial charge in [-0.15, -0.1) is 0 Å². The van der Waals surface area contributed by atoms with E-state index in [9.17, 15) is 19.5 Å². The zero-order valence-corrected chi connectivity index (χ0v) is 17.7. The van der Waals surface area contributed by atoms with Crippen LogP contribution in [0, 0.1) is 0 Å². The first kappa shape index (κ1) is 24.2. The van der Waals surface area contributed by atoms with Crippen molar-refractivity contribution in [2.75, 3.05) is 13.2 Å². The third kappa shape index (κ3) is 6.45. The molecule has 2 aromatic carbocycles. The van der Waals surface area contributed by atoms with Crippen molar-refractivity contribution in [1.82, 2.24) is 10.6 Å². The lowest BCUT2D eigenvalue weighted by atomic mass is 10.0. The Morgan fingerprint density at radius 1 is 0.968 bits per heavy atom. The number of aryl methyl sites for hydroxylation is 1. The normalized spacial score (nSPS) is 13.7. The Labute approximate surface area is 181 Å². The van der Waals surface area contributed by atoms with Gasteiger partial charge >= 0.3 is 0 Å². The SMILES string of the molecule is CCc1ccc(-c2ccc(C(=O)N[C@@H](CN)C(=O)N[C@H](C(=O)CO)[C@@H](C)O)cc2)cc1. The van der Waals surface area contributed by atoms with Gasteiger partial charge in [-0.05, 0) is 42.2 Å². The van der Waals surface area contributed by atoms with E-state index in [-0.39, 0.29) is 6.54 Å². The van der Waals surface area contributed by atoms with Gasteiger partial charge in [0.15, 0.2) is 5.78 Å². The lowest BCUT2D eigenvalue weighted by molar-refractivity contribution is -0.132. The van der Waals surface area contributed by atoms with E-state index in [1.807, 2.05) is 24.3 Å². The van der Waals surface area contributed by atoms with Crippen LogP contribution in [0.5, 0.6) is 0 Å². The first-order valence-electron chi connectivity index (χ1n) is 10.1. The van der Waals surface area contributed by atoms with Gasteiger partial charge in [-0.25, -0.2) is 0 Å². The molecule has 0 aliphatic heterocycles. The van der Waals surface area contributed by atoms with Crippen LogP contribution >= 0.6 is 0 Å². The summed E-state index contributed by atoms with van der Waals surface area (Å²) in [5.74, 6) is -1.97. The average molecular weight is 428 g/mol. The maximum Gasteiger partial charge on any atom is 0.251 e. The predicted octanol–water partition coefficient (Wildman–Crippen LogP) is 0.400. The molecule has 0 spiro atoms. The highest BCUT2D eigenvalue weighted by Gasteiger charge is 2.28. The summed E-state index contributed by atoms with van der Waals surface area (Å²) < 4.78 is 0. The van der Waals surface area contributed by atoms with Crippen LogP contribution in [0.25, 0.3) is 11.1 Å². The molecule has 0 aliphatic carbocycles. The first-order valence-corrected chi connectivity index (χ1v) is 10.1. The van der Waals surface area contributed by atoms with Crippen molar-refractivity contribution in [2.24, 2.45) is 5.73 Å². The van der Waals surface area contributed by atoms with Gasteiger partial charge in [0.25, 0.3) is 5.91 Å². The number of carbonyl (C=O) groups excluding carboxylic acids is 3. The van der Waals surface area contributed by atoms with Gasteiger partial charge in [-0.1, -0.05) is 43.3 Å². The minimum Gasteiger partial charge on any atom is -0.391 e. The summed E-state index contributed by atoms with van der Waals surface area (Å²) in [5, 5.41) is 23.5. The quantitative estimate of drug-likeness (QED) is 0.372. The molecule has 0 saturated carbocycles. The summed E-state index contributed by atoms with van der Waals surface area (Å²) in [5.41, 5.74) is 9.18. The van der Waals surface area contributed by atoms with Gasteiger partial charge in [-0.3, -0.25) is 14.4 Å². The van der Waals surface area contributed by atoms with Gasteiger partial charge < -0.3 is 26.6 Å². The van der Waals surface area contributed by atoms with Crippen LogP contribution in [-0.4, -0.2) is 59.1 Å². The highest BCUT2D eigenvalue weighted by atomic mass is 16.3. The second-order valence-electron chi connectivity index (χ2n) is 7.24. The molecule has 31 heavy (non-hydrogen) atoms. The molecule has 8 heteroatoms. The van der Waals surface area contributed by atoms with E-state index < -0.39 is 42.4 Å². The number of aliphatic hydroxyl groups excluding tert-OH is 2. The van der Waals surface area contributed by atoms with Crippen LogP contribution in [-0.2, 0) is 16.0 Å². The molecule has 0 fully saturated rings. The van der Waals surface area contributed by atoms with Gasteiger partial charge in [0.05, 0.1) is 6.10 Å². The van der Waals surface area contributed by atoms with E-state index in [0.29, 0.717) is 5.56 Å². The number of aliphatic hydroxyl groups is 2. The number of hydrogen-bond acceptors (Lipinski definition) is 6. The fourth-order valence-electron chi connectivity index (χ4n) is 3.04. The van der Waals surface area contributed by atoms with Crippen LogP contribution in [0.1, 0.15) is 29.8 Å². The second-order valence-corrected chi connectivity index (χ2v) is 7.24. The third-order valence-corrected chi connectivity index (χ3v) is 4.98. The van der Waals surface area contributed by atoms with Crippen molar-refractivity contribution >= 4 is 17.6 Å². The van der Waals surface area contributed by atoms with Crippen LogP contribution in [0.3, 0.4) is 0 Å². The highest BCUT2D eigenvalue weighted by Crippen LogP contribution is 2.20. The molecule has 8 nitrogen and oxygen atoms in total. The van der Waals surface area contributed by atoms with Crippen molar-refractivity contribution < 1.29 is 24.6 Å². The molecule has 0 radical (unpaired) electrons. The van der Waals surface area contributed by atoms with E-state index in [1.165, 1.54) is 12.5 Å². The molecule has 0 unspecified atom stereocenters. The Balaban J connectivity index is 2.06. The van der Waals surface area contributed by atoms with Crippen LogP contribution < -0.4 is 16.4 Å². The number of nitrogens with two attached hydrogens (primary N) is 1. The lowest BCUT2D eigenvalue weighted by Gasteiger charge is -2.23. The van der Waals surface area contributed by atoms with Gasteiger partial charge in [0.1, 0.15) is 18.7 Å². The number of benzene rings is 2. The number of rotatable bonds is 10. The van der Waals surface area contributed by atoms with E-state index >= 15 is 0 Å². The topological polar surface area (TPSA) is 142 Å². The summed E-state index contributed by atoms with van der Waals surface area (Å²) in [6.07, 6.45) is -0.252. The number of carbonyl (C=O) groups is 3. The predicted molar refractivity (Wildman–Crippen MR) is 117 cm³/mol. The zero-order chi connectivity index (χ0) is 23.0. The van der Waals surface area contributed by atoms with E-state index in [2.05, 4.69) is 29.7 Å². The maximum absolute atomic E-state index is 12.6. The summed E-state index contributed by atoms with van der Waals surface area (Å²) in [6, 6.07) is 12.7. The van der Waals surface area contributed by atoms with Gasteiger partial charge in [0.2, 0.25) is 5.91 Å². The number of Topliss-reactive ketones (excluding diaryl/α,β-unsaturated/α-hetero) is 1. The van der Waals surface area contributed by atoms with Gasteiger partial charge in [0, 0.05) is 12.1 Å². The van der Waals surface area contributed by atoms with Crippen molar-refractivity contribution in [1.29, 1.82) is 0 Å². The van der Waals surface area contributed by atoms with Crippen LogP contribution in [0.4, 0.5) is 0 Å². The van der Waals surface area contributed by atoms with Crippen molar-refractivity contribution in [3.05, 3.63) is 59.7 Å². The Morgan fingerprint density at radius 3 is 1.97 bits per heavy atom. The monoisotopic (exact) mass is 427 g/mol. The molecule has 3 atom stereocenters. The molecule has 2 amide bonds. The first-order chi connectivity index (χ1) is 14.8. The van der Waals surface area contributed by atoms with Gasteiger partial charge in [-0.2, -0.15) is 0 Å². The number of nitrogens with one attached hydrogen (secondary N) is 2. The molecule has 0 aromatic heterocycles. The maximum atomic E-state index is 12.6. The summed E-state index contributed by atoms with van der Waals surface area (Å²) in [6.45, 7) is 2.36. The molecule has 2 rings (SSSR count). The minimum atomic E-state index is -1.29. The smallest absolute Gasteiger partial charge is 0.251 e. The molecular weight excluding hydrogens is 398 g/mol. The summed E-state index contributed by atoms with van der Waals surface area (Å²) >= 11 is 0. The molecule has 0 heterocycles. The molecular formula is C23H29N3O5. The third-order valence-electron chi connectivity index (χ3n) is 4.98. The fraction of sp³-hybridized carbons (Fsp3) is 0.348. The Kier molecular flexibility index (Phi) is 8.87. The summed E-state index contributed by atoms with van der Waals surface area (Å²) in [4.78, 5) is 36.7. The summed E-state index contributed by atoms with van der Waals surface area (Å²) in [7, 11) is 0. The molecule has 166 valence electrons. The molecule has 0 aliphatic rings. The Morgan fingerprint density at radius 2 is 1.52 bits per heavy atom. The minimum absolute atomic E-state index is 0.209. The second kappa shape index (κ2) is 11.4. The average Bonchev–Trinajstić information content (AvgIpc) is 2.80. The van der Waals surface area contributed by atoms with Crippen molar-refractivity contribution in [3.8, 4) is 11.1 Å². The van der Waals surface area contributed by atoms with Crippen molar-refractivity contribution in [2.45, 2.75) is 38.5 Å². The Hall–Kier alpha value is -3.07. The highest BCUT2D eigenvalue weighted by molar-refractivity contribution is 5.99. The zero-order valence-electron chi connectivity index (χ0n) is 17.7. The van der Waals surface area contributed by atoms with Crippen molar-refractivity contribution in [3.63, 3.8) is 0 Å². The molecule has 0 saturated heterocycles. The van der Waals surface area contributed by atoms with Crippen LogP contribution in [0.2, 0.25) is 0 Å². The fourth-order valence-corrected chi connectivity index (χ4v) is 3.04. The number of amides is 2. The molecule has 6 N–H and O–H groups in total. The number of hydrogen-bond donors (Lipinski definition) is 5. The van der Waals surface area contributed by atoms with E-state index in [1.54, 1.807) is 12.1 Å². The largest absolute Gasteiger partial charge is 0.391 e. The van der Waals surface area contributed by atoms with E-state index in [0.717, 1.165) is 17.5 Å². The van der Waals surface area contributed by atoms with Crippen LogP contribution in [0.15, 0.2) is 48.5 Å². The molecule has 0 bridgehead atoms. The lowest BCUT2D eigenvalue weighted by Crippen LogP contribution is -2.57. The number of ketones is 1. The van der Waals surface area contributed by atoms with E-state index in [4.69, 9.17) is 10.8 Å².